The van der Waals surface area contributed by atoms with Crippen LogP contribution >= 0.6 is 23.5 Å². The molecule has 1 fully saturated rings. The number of hydrogen-bond acceptors (Lipinski definition) is 7. The molecule has 7 nitrogen and oxygen atoms in total. The van der Waals surface area contributed by atoms with Crippen LogP contribution in [0.1, 0.15) is 18.1 Å². The summed E-state index contributed by atoms with van der Waals surface area (Å²) in [6.45, 7) is 2.07. The number of imide groups is 1. The summed E-state index contributed by atoms with van der Waals surface area (Å²) < 4.78 is 24.7. The number of rotatable bonds is 10. The van der Waals surface area contributed by atoms with Crippen LogP contribution < -0.4 is 14.8 Å². The Labute approximate surface area is 228 Å². The van der Waals surface area contributed by atoms with Gasteiger partial charge in [-0.1, -0.05) is 24.3 Å². The van der Waals surface area contributed by atoms with Crippen LogP contribution in [0.15, 0.2) is 76.5 Å². The van der Waals surface area contributed by atoms with Crippen LogP contribution in [0, 0.1) is 5.82 Å². The number of halogens is 1. The normalized spacial score (nSPS) is 14.2. The number of anilines is 1. The largest absolute Gasteiger partial charge is 0.490 e. The smallest absolute Gasteiger partial charge is 0.294 e. The molecule has 3 aromatic carbocycles. The molecule has 4 rings (SSSR count). The van der Waals surface area contributed by atoms with E-state index >= 15 is 0 Å². The van der Waals surface area contributed by atoms with Crippen molar-refractivity contribution in [3.63, 3.8) is 0 Å². The first-order chi connectivity index (χ1) is 18.4. The molecule has 1 saturated heterocycles. The van der Waals surface area contributed by atoms with E-state index < -0.39 is 17.1 Å². The topological polar surface area (TPSA) is 84.9 Å². The van der Waals surface area contributed by atoms with Gasteiger partial charge in [0.15, 0.2) is 11.5 Å². The number of benzene rings is 3. The van der Waals surface area contributed by atoms with E-state index in [0.717, 1.165) is 27.1 Å². The fraction of sp³-hybridized carbons (Fsp3) is 0.179. The van der Waals surface area contributed by atoms with Gasteiger partial charge >= 0.3 is 0 Å². The van der Waals surface area contributed by atoms with Crippen LogP contribution in [0.5, 0.6) is 11.5 Å². The van der Waals surface area contributed by atoms with E-state index in [2.05, 4.69) is 5.32 Å². The highest BCUT2D eigenvalue weighted by Crippen LogP contribution is 2.35. The first-order valence-electron chi connectivity index (χ1n) is 11.7. The molecule has 0 aromatic heterocycles. The van der Waals surface area contributed by atoms with Crippen molar-refractivity contribution < 1.29 is 28.2 Å². The second kappa shape index (κ2) is 12.7. The van der Waals surface area contributed by atoms with E-state index in [1.54, 1.807) is 54.2 Å². The first-order valence-corrected chi connectivity index (χ1v) is 13.7. The minimum Gasteiger partial charge on any atom is -0.490 e. The summed E-state index contributed by atoms with van der Waals surface area (Å²) in [7, 11) is 0. The van der Waals surface area contributed by atoms with Gasteiger partial charge in [-0.2, -0.15) is 0 Å². The number of nitrogens with zero attached hydrogens (tertiary/aromatic N) is 1. The van der Waals surface area contributed by atoms with Crippen molar-refractivity contribution >= 4 is 52.3 Å². The minimum absolute atomic E-state index is 0.203. The molecule has 10 heteroatoms. The van der Waals surface area contributed by atoms with Gasteiger partial charge in [0.1, 0.15) is 19.0 Å². The third-order valence-electron chi connectivity index (χ3n) is 5.40. The molecule has 0 spiro atoms. The van der Waals surface area contributed by atoms with Gasteiger partial charge in [-0.25, -0.2) is 4.39 Å². The quantitative estimate of drug-likeness (QED) is 0.237. The van der Waals surface area contributed by atoms with Crippen molar-refractivity contribution in [1.82, 2.24) is 4.90 Å². The van der Waals surface area contributed by atoms with Gasteiger partial charge in [-0.15, -0.1) is 11.8 Å². The van der Waals surface area contributed by atoms with Crippen LogP contribution in [0.3, 0.4) is 0 Å². The van der Waals surface area contributed by atoms with E-state index in [0.29, 0.717) is 29.4 Å². The van der Waals surface area contributed by atoms with Crippen molar-refractivity contribution in [2.24, 2.45) is 0 Å². The maximum Gasteiger partial charge on any atom is 0.294 e. The van der Waals surface area contributed by atoms with Crippen molar-refractivity contribution in [2.45, 2.75) is 18.4 Å². The highest BCUT2D eigenvalue weighted by molar-refractivity contribution is 8.18. The maximum atomic E-state index is 13.1. The predicted molar refractivity (Wildman–Crippen MR) is 148 cm³/mol. The Balaban J connectivity index is 1.43. The van der Waals surface area contributed by atoms with E-state index in [9.17, 15) is 18.8 Å². The summed E-state index contributed by atoms with van der Waals surface area (Å²) >= 11 is 2.32. The lowest BCUT2D eigenvalue weighted by Gasteiger charge is -2.13. The number of thioether (sulfide) groups is 2. The lowest BCUT2D eigenvalue weighted by atomic mass is 10.1. The fourth-order valence-corrected chi connectivity index (χ4v) is 4.87. The molecule has 3 amide bonds. The van der Waals surface area contributed by atoms with Crippen LogP contribution in [0.2, 0.25) is 0 Å². The molecule has 1 N–H and O–H groups in total. The van der Waals surface area contributed by atoms with Crippen molar-refractivity contribution in [3.8, 4) is 11.5 Å². The number of nitrogens with one attached hydrogen (secondary N) is 1. The molecular formula is C28H25FN2O5S2. The van der Waals surface area contributed by atoms with Gasteiger partial charge in [0.05, 0.1) is 11.5 Å². The summed E-state index contributed by atoms with van der Waals surface area (Å²) in [5.74, 6) is -0.368. The Hall–Kier alpha value is -3.76. The molecular weight excluding hydrogens is 527 g/mol. The summed E-state index contributed by atoms with van der Waals surface area (Å²) in [5.41, 5.74) is 2.02. The van der Waals surface area contributed by atoms with Crippen LogP contribution in [-0.4, -0.2) is 41.4 Å². The lowest BCUT2D eigenvalue weighted by molar-refractivity contribution is -0.127. The Morgan fingerprint density at radius 3 is 2.58 bits per heavy atom. The molecule has 0 bridgehead atoms. The third kappa shape index (κ3) is 6.96. The molecule has 1 aliphatic rings. The third-order valence-corrected chi connectivity index (χ3v) is 7.03. The second-order valence-corrected chi connectivity index (χ2v) is 9.98. The van der Waals surface area contributed by atoms with E-state index in [1.807, 2.05) is 31.4 Å². The summed E-state index contributed by atoms with van der Waals surface area (Å²) in [6, 6.07) is 18.5. The number of hydrogen-bond donors (Lipinski definition) is 1. The molecule has 0 atom stereocenters. The second-order valence-electron chi connectivity index (χ2n) is 8.10. The standard InChI is InChI=1S/C28H25FN2O5S2/c1-3-35-24-13-19(9-12-23(24)36-17-18-7-10-20(29)11-8-18)14-25-27(33)31(28(34)38-25)16-26(32)30-21-5-4-6-22(15-21)37-2/h4-15H,3,16-17H2,1-2H3,(H,30,32)/b25-14-. The molecule has 0 radical (unpaired) electrons. The predicted octanol–water partition coefficient (Wildman–Crippen LogP) is 6.20. The minimum atomic E-state index is -0.539. The van der Waals surface area contributed by atoms with Gasteiger partial charge in [0.2, 0.25) is 5.91 Å². The molecule has 1 aliphatic heterocycles. The van der Waals surface area contributed by atoms with E-state index in [1.165, 1.54) is 12.1 Å². The zero-order valence-corrected chi connectivity index (χ0v) is 22.4. The Bertz CT molecular complexity index is 1380. The monoisotopic (exact) mass is 552 g/mol. The molecule has 0 saturated carbocycles. The van der Waals surface area contributed by atoms with Crippen LogP contribution in [0.25, 0.3) is 6.08 Å². The molecule has 0 aliphatic carbocycles. The number of amides is 3. The van der Waals surface area contributed by atoms with Gasteiger partial charge < -0.3 is 14.8 Å². The summed E-state index contributed by atoms with van der Waals surface area (Å²) in [6.07, 6.45) is 3.51. The molecule has 3 aromatic rings. The zero-order chi connectivity index (χ0) is 27.1. The fourth-order valence-electron chi connectivity index (χ4n) is 3.58. The van der Waals surface area contributed by atoms with Gasteiger partial charge in [-0.05, 0) is 84.6 Å². The van der Waals surface area contributed by atoms with Crippen molar-refractivity contribution in [3.05, 3.63) is 88.6 Å². The Kier molecular flexibility index (Phi) is 9.09. The molecule has 196 valence electrons. The van der Waals surface area contributed by atoms with Crippen LogP contribution in [-0.2, 0) is 16.2 Å². The molecule has 38 heavy (non-hydrogen) atoms. The SMILES string of the molecule is CCOc1cc(/C=C2\SC(=O)N(CC(=O)Nc3cccc(SC)c3)C2=O)ccc1OCc1ccc(F)cc1. The van der Waals surface area contributed by atoms with Gasteiger partial charge in [-0.3, -0.25) is 19.3 Å². The molecule has 0 unspecified atom stereocenters. The Morgan fingerprint density at radius 2 is 1.84 bits per heavy atom. The number of carbonyl (C=O) groups excluding carboxylic acids is 3. The van der Waals surface area contributed by atoms with Crippen LogP contribution in [0.4, 0.5) is 14.9 Å². The van der Waals surface area contributed by atoms with E-state index in [4.69, 9.17) is 9.47 Å². The average Bonchev–Trinajstić information content (AvgIpc) is 3.16. The average molecular weight is 553 g/mol. The lowest BCUT2D eigenvalue weighted by Crippen LogP contribution is -2.36. The maximum absolute atomic E-state index is 13.1. The summed E-state index contributed by atoms with van der Waals surface area (Å²) in [5, 5.41) is 2.21. The zero-order valence-electron chi connectivity index (χ0n) is 20.7. The highest BCUT2D eigenvalue weighted by Gasteiger charge is 2.36. The number of ether oxygens (including phenoxy) is 2. The Morgan fingerprint density at radius 1 is 1.05 bits per heavy atom. The summed E-state index contributed by atoms with van der Waals surface area (Å²) in [4.78, 5) is 40.1. The van der Waals surface area contributed by atoms with Crippen molar-refractivity contribution in [2.75, 3.05) is 24.7 Å². The van der Waals surface area contributed by atoms with Gasteiger partial charge in [0.25, 0.3) is 11.1 Å². The highest BCUT2D eigenvalue weighted by atomic mass is 32.2. The molecule has 1 heterocycles. The first kappa shape index (κ1) is 27.3. The van der Waals surface area contributed by atoms with Crippen molar-refractivity contribution in [1.29, 1.82) is 0 Å². The van der Waals surface area contributed by atoms with E-state index in [-0.39, 0.29) is 23.9 Å². The van der Waals surface area contributed by atoms with Gasteiger partial charge in [0, 0.05) is 10.6 Å². The number of carbonyl (C=O) groups is 3.